The Kier molecular flexibility index (Phi) is 3.34. The summed E-state index contributed by atoms with van der Waals surface area (Å²) in [6, 6.07) is 16.7. The number of pyridine rings is 1. The molecular formula is C20H18N2O. The maximum absolute atomic E-state index is 11.8. The quantitative estimate of drug-likeness (QED) is 0.770. The number of rotatable bonds is 3. The van der Waals surface area contributed by atoms with E-state index in [1.165, 1.54) is 16.7 Å². The summed E-state index contributed by atoms with van der Waals surface area (Å²) in [6.07, 6.45) is 3.83. The number of aromatic nitrogens is 1. The average molecular weight is 302 g/mol. The summed E-state index contributed by atoms with van der Waals surface area (Å²) in [5.74, 6) is 0.919. The van der Waals surface area contributed by atoms with Gasteiger partial charge in [-0.2, -0.15) is 0 Å². The van der Waals surface area contributed by atoms with Crippen LogP contribution in [0.5, 0.6) is 0 Å². The molecule has 4 rings (SSSR count). The number of aryl methyl sites for hydroxylation is 1. The Morgan fingerprint density at radius 3 is 2.70 bits per heavy atom. The summed E-state index contributed by atoms with van der Waals surface area (Å²) in [5.41, 5.74) is 3.68. The Balaban J connectivity index is 1.67. The molecule has 3 aromatic rings. The largest absolute Gasteiger partial charge is 0.310 e. The highest BCUT2D eigenvalue weighted by Gasteiger charge is 2.29. The third kappa shape index (κ3) is 2.82. The fourth-order valence-corrected chi connectivity index (χ4v) is 2.85. The van der Waals surface area contributed by atoms with Crippen LogP contribution in [0.4, 0.5) is 5.82 Å². The van der Waals surface area contributed by atoms with E-state index in [2.05, 4.69) is 59.7 Å². The predicted octanol–water partition coefficient (Wildman–Crippen LogP) is 4.56. The number of benzene rings is 2. The van der Waals surface area contributed by atoms with E-state index >= 15 is 0 Å². The molecule has 2 aromatic carbocycles. The summed E-state index contributed by atoms with van der Waals surface area (Å²) in [5, 5.41) is 5.07. The molecule has 1 aliphatic rings. The van der Waals surface area contributed by atoms with E-state index in [4.69, 9.17) is 0 Å². The highest BCUT2D eigenvalue weighted by Crippen LogP contribution is 2.31. The van der Waals surface area contributed by atoms with Crippen LogP contribution in [0.25, 0.3) is 21.9 Å². The molecule has 0 atom stereocenters. The van der Waals surface area contributed by atoms with Crippen molar-refractivity contribution in [3.8, 4) is 11.1 Å². The number of carbonyl (C=O) groups is 1. The molecule has 3 nitrogen and oxygen atoms in total. The van der Waals surface area contributed by atoms with Crippen molar-refractivity contribution in [1.29, 1.82) is 0 Å². The van der Waals surface area contributed by atoms with Gasteiger partial charge in [-0.3, -0.25) is 4.79 Å². The van der Waals surface area contributed by atoms with E-state index in [0.717, 1.165) is 23.6 Å². The molecule has 0 bridgehead atoms. The molecule has 0 unspecified atom stereocenters. The van der Waals surface area contributed by atoms with Gasteiger partial charge in [-0.25, -0.2) is 4.98 Å². The smallest absolute Gasteiger partial charge is 0.228 e. The minimum Gasteiger partial charge on any atom is -0.310 e. The second-order valence-electron chi connectivity index (χ2n) is 6.21. The van der Waals surface area contributed by atoms with Crippen LogP contribution < -0.4 is 5.32 Å². The normalized spacial score (nSPS) is 14.0. The summed E-state index contributed by atoms with van der Waals surface area (Å²) >= 11 is 0. The number of nitrogens with zero attached hydrogens (tertiary/aromatic N) is 1. The van der Waals surface area contributed by atoms with Crippen molar-refractivity contribution in [2.75, 3.05) is 5.32 Å². The number of carbonyl (C=O) groups excluding carboxylic acids is 1. The first-order chi connectivity index (χ1) is 11.2. The lowest BCUT2D eigenvalue weighted by Crippen LogP contribution is -2.14. The molecule has 1 aromatic heterocycles. The van der Waals surface area contributed by atoms with Crippen LogP contribution in [0.15, 0.2) is 54.7 Å². The minimum atomic E-state index is 0.0911. The molecule has 0 radical (unpaired) electrons. The number of hydrogen-bond acceptors (Lipinski definition) is 2. The van der Waals surface area contributed by atoms with Crippen LogP contribution >= 0.6 is 0 Å². The third-order valence-electron chi connectivity index (χ3n) is 4.38. The fraction of sp³-hybridized carbons (Fsp3) is 0.200. The van der Waals surface area contributed by atoms with E-state index in [0.29, 0.717) is 5.82 Å². The van der Waals surface area contributed by atoms with Crippen molar-refractivity contribution < 1.29 is 4.79 Å². The molecule has 1 N–H and O–H groups in total. The van der Waals surface area contributed by atoms with Crippen LogP contribution in [-0.4, -0.2) is 10.9 Å². The van der Waals surface area contributed by atoms with Gasteiger partial charge in [0.1, 0.15) is 5.82 Å². The molecule has 1 saturated carbocycles. The lowest BCUT2D eigenvalue weighted by molar-refractivity contribution is -0.117. The zero-order chi connectivity index (χ0) is 15.8. The second kappa shape index (κ2) is 5.51. The molecule has 1 amide bonds. The van der Waals surface area contributed by atoms with Gasteiger partial charge >= 0.3 is 0 Å². The Bertz CT molecular complexity index is 897. The first-order valence-electron chi connectivity index (χ1n) is 7.97. The van der Waals surface area contributed by atoms with Crippen molar-refractivity contribution in [2.45, 2.75) is 19.8 Å². The van der Waals surface area contributed by atoms with Crippen LogP contribution in [0.1, 0.15) is 18.4 Å². The van der Waals surface area contributed by atoms with Crippen LogP contribution in [0.3, 0.4) is 0 Å². The van der Waals surface area contributed by atoms with Gasteiger partial charge in [0.05, 0.1) is 0 Å². The third-order valence-corrected chi connectivity index (χ3v) is 4.38. The zero-order valence-electron chi connectivity index (χ0n) is 13.0. The summed E-state index contributed by atoms with van der Waals surface area (Å²) in [6.45, 7) is 2.12. The van der Waals surface area contributed by atoms with Crippen molar-refractivity contribution in [2.24, 2.45) is 5.92 Å². The topological polar surface area (TPSA) is 42.0 Å². The highest BCUT2D eigenvalue weighted by molar-refractivity contribution is 5.96. The molecule has 0 saturated heterocycles. The SMILES string of the molecule is Cc1ccccc1-c1ccc2cc(NC(=O)C3CC3)ncc2c1. The Labute approximate surface area is 135 Å². The second-order valence-corrected chi connectivity index (χ2v) is 6.21. The van der Waals surface area contributed by atoms with Gasteiger partial charge in [-0.1, -0.05) is 36.4 Å². The molecular weight excluding hydrogens is 284 g/mol. The van der Waals surface area contributed by atoms with Gasteiger partial charge < -0.3 is 5.32 Å². The molecule has 1 aliphatic carbocycles. The minimum absolute atomic E-state index is 0.0911. The van der Waals surface area contributed by atoms with E-state index in [1.54, 1.807) is 0 Å². The van der Waals surface area contributed by atoms with E-state index < -0.39 is 0 Å². The van der Waals surface area contributed by atoms with Crippen molar-refractivity contribution >= 4 is 22.5 Å². The first kappa shape index (κ1) is 13.9. The zero-order valence-corrected chi connectivity index (χ0v) is 13.0. The molecule has 1 fully saturated rings. The van der Waals surface area contributed by atoms with Gasteiger partial charge in [0.25, 0.3) is 0 Å². The number of hydrogen-bond donors (Lipinski definition) is 1. The van der Waals surface area contributed by atoms with Gasteiger partial charge in [0.15, 0.2) is 0 Å². The standard InChI is InChI=1S/C20H18N2O/c1-13-4-2-3-5-18(13)16-9-8-15-11-19(21-12-17(15)10-16)22-20(23)14-6-7-14/h2-5,8-12,14H,6-7H2,1H3,(H,21,22,23). The van der Waals surface area contributed by atoms with Crippen LogP contribution in [0, 0.1) is 12.8 Å². The molecule has 1 heterocycles. The number of amides is 1. The molecule has 23 heavy (non-hydrogen) atoms. The summed E-state index contributed by atoms with van der Waals surface area (Å²) < 4.78 is 0. The van der Waals surface area contributed by atoms with Gasteiger partial charge in [-0.05, 0) is 54.0 Å². The Morgan fingerprint density at radius 1 is 1.09 bits per heavy atom. The Hall–Kier alpha value is -2.68. The van der Waals surface area contributed by atoms with E-state index in [1.807, 2.05) is 12.3 Å². The maximum atomic E-state index is 11.8. The molecule has 114 valence electrons. The van der Waals surface area contributed by atoms with E-state index in [-0.39, 0.29) is 11.8 Å². The Morgan fingerprint density at radius 2 is 1.91 bits per heavy atom. The number of fused-ring (bicyclic) bond motifs is 1. The van der Waals surface area contributed by atoms with Crippen molar-refractivity contribution in [1.82, 2.24) is 4.98 Å². The van der Waals surface area contributed by atoms with Gasteiger partial charge in [0, 0.05) is 17.5 Å². The average Bonchev–Trinajstić information content (AvgIpc) is 3.40. The highest BCUT2D eigenvalue weighted by atomic mass is 16.2. The van der Waals surface area contributed by atoms with Crippen molar-refractivity contribution in [3.63, 3.8) is 0 Å². The monoisotopic (exact) mass is 302 g/mol. The maximum Gasteiger partial charge on any atom is 0.228 e. The molecule has 0 spiro atoms. The predicted molar refractivity (Wildman–Crippen MR) is 93.3 cm³/mol. The summed E-state index contributed by atoms with van der Waals surface area (Å²) in [4.78, 5) is 16.2. The molecule has 3 heteroatoms. The van der Waals surface area contributed by atoms with E-state index in [9.17, 15) is 4.79 Å². The fourth-order valence-electron chi connectivity index (χ4n) is 2.85. The lowest BCUT2D eigenvalue weighted by atomic mass is 9.98. The van der Waals surface area contributed by atoms with Crippen LogP contribution in [0.2, 0.25) is 0 Å². The number of nitrogens with one attached hydrogen (secondary N) is 1. The van der Waals surface area contributed by atoms with Crippen LogP contribution in [-0.2, 0) is 4.79 Å². The van der Waals surface area contributed by atoms with Gasteiger partial charge in [-0.15, -0.1) is 0 Å². The summed E-state index contributed by atoms with van der Waals surface area (Å²) in [7, 11) is 0. The van der Waals surface area contributed by atoms with Crippen molar-refractivity contribution in [3.05, 3.63) is 60.3 Å². The van der Waals surface area contributed by atoms with Gasteiger partial charge in [0.2, 0.25) is 5.91 Å². The lowest BCUT2D eigenvalue weighted by Gasteiger charge is -2.08. The molecule has 0 aliphatic heterocycles. The number of anilines is 1. The first-order valence-corrected chi connectivity index (χ1v) is 7.97.